The van der Waals surface area contributed by atoms with Crippen LogP contribution in [0, 0.1) is 5.41 Å². The first kappa shape index (κ1) is 15.4. The SMILES string of the molecule is CCC1(CNS(=O)(=O)c2cc(CN)sc2Br)CCC1. The average Bonchev–Trinajstić information content (AvgIpc) is 2.70. The molecular weight excluding hydrogens is 348 g/mol. The van der Waals surface area contributed by atoms with E-state index in [1.54, 1.807) is 6.07 Å². The van der Waals surface area contributed by atoms with Crippen LogP contribution in [0.15, 0.2) is 14.7 Å². The van der Waals surface area contributed by atoms with E-state index in [-0.39, 0.29) is 5.41 Å². The number of thiophene rings is 1. The van der Waals surface area contributed by atoms with E-state index in [0.717, 1.165) is 24.1 Å². The molecule has 1 saturated carbocycles. The maximum Gasteiger partial charge on any atom is 0.242 e. The van der Waals surface area contributed by atoms with E-state index in [9.17, 15) is 8.42 Å². The maximum atomic E-state index is 12.3. The summed E-state index contributed by atoms with van der Waals surface area (Å²) in [4.78, 5) is 1.17. The van der Waals surface area contributed by atoms with E-state index in [0.29, 0.717) is 21.8 Å². The molecule has 7 heteroatoms. The van der Waals surface area contributed by atoms with Crippen LogP contribution in [0.4, 0.5) is 0 Å². The van der Waals surface area contributed by atoms with Crippen LogP contribution < -0.4 is 10.5 Å². The fourth-order valence-corrected chi connectivity index (χ4v) is 6.06. The highest BCUT2D eigenvalue weighted by Gasteiger charge is 2.36. The second-order valence-corrected chi connectivity index (χ2v) is 9.28. The smallest absolute Gasteiger partial charge is 0.242 e. The van der Waals surface area contributed by atoms with Crippen molar-refractivity contribution < 1.29 is 8.42 Å². The van der Waals surface area contributed by atoms with Crippen molar-refractivity contribution in [3.8, 4) is 0 Å². The molecule has 0 bridgehead atoms. The Labute approximate surface area is 127 Å². The molecule has 2 rings (SSSR count). The van der Waals surface area contributed by atoms with Crippen LogP contribution in [0.5, 0.6) is 0 Å². The van der Waals surface area contributed by atoms with Gasteiger partial charge in [0, 0.05) is 18.0 Å². The molecule has 1 heterocycles. The standard InChI is InChI=1S/C12H19BrN2O2S2/c1-2-12(4-3-5-12)8-15-19(16,17)10-6-9(7-14)18-11(10)13/h6,15H,2-5,7-8,14H2,1H3. The van der Waals surface area contributed by atoms with Gasteiger partial charge in [-0.25, -0.2) is 13.1 Å². The third-order valence-electron chi connectivity index (χ3n) is 4.00. The lowest BCUT2D eigenvalue weighted by Crippen LogP contribution is -2.41. The monoisotopic (exact) mass is 366 g/mol. The largest absolute Gasteiger partial charge is 0.326 e. The number of nitrogens with two attached hydrogens (primary N) is 1. The summed E-state index contributed by atoms with van der Waals surface area (Å²) in [6, 6.07) is 1.65. The zero-order valence-corrected chi connectivity index (χ0v) is 14.1. The summed E-state index contributed by atoms with van der Waals surface area (Å²) in [5.74, 6) is 0. The van der Waals surface area contributed by atoms with Gasteiger partial charge in [-0.1, -0.05) is 13.3 Å². The third-order valence-corrected chi connectivity index (χ3v) is 7.67. The van der Waals surface area contributed by atoms with Crippen LogP contribution in [-0.4, -0.2) is 15.0 Å². The zero-order valence-electron chi connectivity index (χ0n) is 10.9. The van der Waals surface area contributed by atoms with Crippen molar-refractivity contribution in [3.63, 3.8) is 0 Å². The summed E-state index contributed by atoms with van der Waals surface area (Å²) in [5, 5.41) is 0. The summed E-state index contributed by atoms with van der Waals surface area (Å²) < 4.78 is 28.0. The van der Waals surface area contributed by atoms with Crippen molar-refractivity contribution in [2.45, 2.75) is 44.0 Å². The van der Waals surface area contributed by atoms with E-state index in [4.69, 9.17) is 5.73 Å². The van der Waals surface area contributed by atoms with E-state index in [1.165, 1.54) is 17.8 Å². The molecule has 3 N–H and O–H groups in total. The van der Waals surface area contributed by atoms with Crippen LogP contribution in [0.3, 0.4) is 0 Å². The minimum Gasteiger partial charge on any atom is -0.326 e. The molecule has 0 unspecified atom stereocenters. The van der Waals surface area contributed by atoms with E-state index < -0.39 is 10.0 Å². The van der Waals surface area contributed by atoms with Gasteiger partial charge in [0.25, 0.3) is 0 Å². The van der Waals surface area contributed by atoms with Gasteiger partial charge in [-0.05, 0) is 46.7 Å². The van der Waals surface area contributed by atoms with Crippen molar-refractivity contribution in [2.24, 2.45) is 11.1 Å². The molecule has 1 fully saturated rings. The van der Waals surface area contributed by atoms with Gasteiger partial charge in [-0.15, -0.1) is 11.3 Å². The Morgan fingerprint density at radius 2 is 2.21 bits per heavy atom. The minimum absolute atomic E-state index is 0.173. The fourth-order valence-electron chi connectivity index (χ4n) is 2.34. The maximum absolute atomic E-state index is 12.3. The van der Waals surface area contributed by atoms with Gasteiger partial charge >= 0.3 is 0 Å². The van der Waals surface area contributed by atoms with Gasteiger partial charge in [0.2, 0.25) is 10.0 Å². The molecule has 0 amide bonds. The van der Waals surface area contributed by atoms with Gasteiger partial charge in [-0.3, -0.25) is 0 Å². The van der Waals surface area contributed by atoms with E-state index >= 15 is 0 Å². The van der Waals surface area contributed by atoms with Crippen molar-refractivity contribution >= 4 is 37.3 Å². The number of rotatable bonds is 6. The molecule has 0 aromatic carbocycles. The second-order valence-electron chi connectivity index (χ2n) is 5.09. The first-order chi connectivity index (χ1) is 8.92. The highest BCUT2D eigenvalue weighted by molar-refractivity contribution is 9.11. The predicted octanol–water partition coefficient (Wildman–Crippen LogP) is 2.83. The van der Waals surface area contributed by atoms with E-state index in [1.807, 2.05) is 0 Å². The molecule has 4 nitrogen and oxygen atoms in total. The van der Waals surface area contributed by atoms with Crippen LogP contribution in [0.2, 0.25) is 0 Å². The normalized spacial score (nSPS) is 18.3. The predicted molar refractivity (Wildman–Crippen MR) is 81.7 cm³/mol. The zero-order chi connectivity index (χ0) is 14.1. The molecule has 108 valence electrons. The van der Waals surface area contributed by atoms with Crippen LogP contribution in [0.1, 0.15) is 37.5 Å². The fraction of sp³-hybridized carbons (Fsp3) is 0.667. The lowest BCUT2D eigenvalue weighted by molar-refractivity contribution is 0.133. The Bertz CT molecular complexity index is 545. The van der Waals surface area contributed by atoms with E-state index in [2.05, 4.69) is 27.6 Å². The molecule has 1 aliphatic carbocycles. The molecule has 1 aliphatic rings. The highest BCUT2D eigenvalue weighted by Crippen LogP contribution is 2.43. The van der Waals surface area contributed by atoms with Gasteiger partial charge in [0.15, 0.2) is 0 Å². The summed E-state index contributed by atoms with van der Waals surface area (Å²) in [5.41, 5.74) is 5.72. The molecule has 0 spiro atoms. The molecular formula is C12H19BrN2O2S2. The molecule has 1 aromatic rings. The first-order valence-corrected chi connectivity index (χ1v) is 9.50. The number of halogens is 1. The number of nitrogens with one attached hydrogen (secondary N) is 1. The number of hydrogen-bond donors (Lipinski definition) is 2. The van der Waals surface area contributed by atoms with Gasteiger partial charge in [-0.2, -0.15) is 0 Å². The van der Waals surface area contributed by atoms with Gasteiger partial charge in [0.1, 0.15) is 4.90 Å². The van der Waals surface area contributed by atoms with Gasteiger partial charge in [0.05, 0.1) is 3.79 Å². The highest BCUT2D eigenvalue weighted by atomic mass is 79.9. The molecule has 1 aromatic heterocycles. The Hall–Kier alpha value is 0.0500. The molecule has 19 heavy (non-hydrogen) atoms. The Morgan fingerprint density at radius 1 is 1.53 bits per heavy atom. The first-order valence-electron chi connectivity index (χ1n) is 6.40. The lowest BCUT2D eigenvalue weighted by atomic mass is 9.67. The van der Waals surface area contributed by atoms with Crippen molar-refractivity contribution in [2.75, 3.05) is 6.54 Å². The summed E-state index contributed by atoms with van der Waals surface area (Å²) in [7, 11) is -3.44. The summed E-state index contributed by atoms with van der Waals surface area (Å²) in [6.07, 6.45) is 4.46. The number of sulfonamides is 1. The number of hydrogen-bond acceptors (Lipinski definition) is 4. The molecule has 0 saturated heterocycles. The Balaban J connectivity index is 2.11. The minimum atomic E-state index is -3.44. The Kier molecular flexibility index (Phi) is 4.72. The van der Waals surface area contributed by atoms with Gasteiger partial charge < -0.3 is 5.73 Å². The quantitative estimate of drug-likeness (QED) is 0.812. The molecule has 0 atom stereocenters. The average molecular weight is 367 g/mol. The molecule has 0 radical (unpaired) electrons. The third kappa shape index (κ3) is 3.21. The summed E-state index contributed by atoms with van der Waals surface area (Å²) >= 11 is 4.68. The van der Waals surface area contributed by atoms with Crippen LogP contribution >= 0.6 is 27.3 Å². The lowest BCUT2D eigenvalue weighted by Gasteiger charge is -2.41. The summed E-state index contributed by atoms with van der Waals surface area (Å²) in [6.45, 7) is 3.02. The van der Waals surface area contributed by atoms with Crippen LogP contribution in [-0.2, 0) is 16.6 Å². The second kappa shape index (κ2) is 5.81. The topological polar surface area (TPSA) is 72.2 Å². The molecule has 0 aliphatic heterocycles. The van der Waals surface area contributed by atoms with Crippen molar-refractivity contribution in [3.05, 3.63) is 14.7 Å². The Morgan fingerprint density at radius 3 is 2.63 bits per heavy atom. The van der Waals surface area contributed by atoms with Crippen LogP contribution in [0.25, 0.3) is 0 Å². The van der Waals surface area contributed by atoms with Crippen molar-refractivity contribution in [1.29, 1.82) is 0 Å². The van der Waals surface area contributed by atoms with Crippen molar-refractivity contribution in [1.82, 2.24) is 4.72 Å².